The summed E-state index contributed by atoms with van der Waals surface area (Å²) in [4.78, 5) is 54.0. The third kappa shape index (κ3) is 6.25. The summed E-state index contributed by atoms with van der Waals surface area (Å²) in [6, 6.07) is 10.2. The number of imide groups is 1. The van der Waals surface area contributed by atoms with Crippen LogP contribution in [0.5, 0.6) is 0 Å². The van der Waals surface area contributed by atoms with Crippen LogP contribution in [0.1, 0.15) is 21.5 Å². The maximum Gasteiger partial charge on any atom is 0.338 e. The molecule has 166 valence electrons. The monoisotopic (exact) mass is 455 g/mol. The van der Waals surface area contributed by atoms with Crippen LogP contribution in [0.4, 0.5) is 4.79 Å². The quantitative estimate of drug-likeness (QED) is 0.452. The summed E-state index contributed by atoms with van der Waals surface area (Å²) in [5.41, 5.74) is 1.83. The van der Waals surface area contributed by atoms with Crippen LogP contribution in [-0.4, -0.2) is 59.7 Å². The van der Waals surface area contributed by atoms with Gasteiger partial charge in [0, 0.05) is 32.6 Å². The molecule has 32 heavy (non-hydrogen) atoms. The number of nitrogens with one attached hydrogen (secondary N) is 1. The van der Waals surface area contributed by atoms with Crippen LogP contribution < -0.4 is 5.32 Å². The second kappa shape index (κ2) is 11.2. The molecule has 9 nitrogen and oxygen atoms in total. The highest BCUT2D eigenvalue weighted by Gasteiger charge is 2.34. The molecule has 0 aliphatic carbocycles. The van der Waals surface area contributed by atoms with E-state index in [-0.39, 0.29) is 13.1 Å². The topological polar surface area (TPSA) is 115 Å². The first-order valence-electron chi connectivity index (χ1n) is 9.65. The van der Waals surface area contributed by atoms with Gasteiger partial charge in [-0.3, -0.25) is 24.3 Å². The van der Waals surface area contributed by atoms with Gasteiger partial charge in [0.25, 0.3) is 17.1 Å². The molecule has 3 rings (SSSR count). The Balaban J connectivity index is 1.44. The SMILES string of the molecule is COCc1cccc(C(=O)OCC(=O)NCCN2C(=O)S/C(=C\c3cccnc3)C2=O)c1. The molecule has 2 heterocycles. The second-order valence-corrected chi connectivity index (χ2v) is 7.67. The number of carbonyl (C=O) groups excluding carboxylic acids is 4. The standard InChI is InChI=1S/C22H21N3O6S/c1-30-13-16-4-2-6-17(10-16)21(28)31-14-19(26)24-8-9-25-20(27)18(32-22(25)29)11-15-5-3-7-23-12-15/h2-7,10-12H,8-9,13-14H2,1H3,(H,24,26)/b18-11-. The number of benzene rings is 1. The lowest BCUT2D eigenvalue weighted by Gasteiger charge is -2.13. The van der Waals surface area contributed by atoms with Crippen molar-refractivity contribution in [3.8, 4) is 0 Å². The van der Waals surface area contributed by atoms with Crippen molar-refractivity contribution >= 4 is 40.9 Å². The highest BCUT2D eigenvalue weighted by Crippen LogP contribution is 2.31. The zero-order valence-electron chi connectivity index (χ0n) is 17.3. The van der Waals surface area contributed by atoms with E-state index in [1.54, 1.807) is 55.9 Å². The molecule has 2 aromatic rings. The first-order chi connectivity index (χ1) is 15.5. The van der Waals surface area contributed by atoms with Gasteiger partial charge in [0.2, 0.25) is 0 Å². The fraction of sp³-hybridized carbons (Fsp3) is 0.227. The molecule has 1 aliphatic rings. The van der Waals surface area contributed by atoms with Gasteiger partial charge in [-0.2, -0.15) is 0 Å². The van der Waals surface area contributed by atoms with E-state index in [0.717, 1.165) is 22.2 Å². The van der Waals surface area contributed by atoms with E-state index in [1.165, 1.54) is 0 Å². The van der Waals surface area contributed by atoms with Crippen molar-refractivity contribution in [3.63, 3.8) is 0 Å². The molecule has 0 atom stereocenters. The van der Waals surface area contributed by atoms with Crippen molar-refractivity contribution in [2.24, 2.45) is 0 Å². The van der Waals surface area contributed by atoms with Crippen molar-refractivity contribution in [1.29, 1.82) is 0 Å². The van der Waals surface area contributed by atoms with Crippen molar-refractivity contribution in [3.05, 3.63) is 70.4 Å². The minimum Gasteiger partial charge on any atom is -0.452 e. The van der Waals surface area contributed by atoms with Crippen LogP contribution >= 0.6 is 11.8 Å². The molecule has 10 heteroatoms. The molecule has 1 aromatic carbocycles. The van der Waals surface area contributed by atoms with E-state index in [2.05, 4.69) is 10.3 Å². The van der Waals surface area contributed by atoms with E-state index >= 15 is 0 Å². The van der Waals surface area contributed by atoms with Crippen LogP contribution in [0.2, 0.25) is 0 Å². The average Bonchev–Trinajstić information content (AvgIpc) is 3.06. The van der Waals surface area contributed by atoms with Crippen LogP contribution in [-0.2, 0) is 25.7 Å². The van der Waals surface area contributed by atoms with Gasteiger partial charge in [0.15, 0.2) is 6.61 Å². The summed E-state index contributed by atoms with van der Waals surface area (Å²) >= 11 is 0.832. The molecule has 1 aromatic heterocycles. The third-order valence-electron chi connectivity index (χ3n) is 4.32. The highest BCUT2D eigenvalue weighted by molar-refractivity contribution is 8.18. The van der Waals surface area contributed by atoms with Gasteiger partial charge in [0.1, 0.15) is 0 Å². The van der Waals surface area contributed by atoms with Crippen LogP contribution in [0.3, 0.4) is 0 Å². The normalized spacial score (nSPS) is 14.7. The number of amides is 3. The highest BCUT2D eigenvalue weighted by atomic mass is 32.2. The minimum atomic E-state index is -0.635. The largest absolute Gasteiger partial charge is 0.452 e. The van der Waals surface area contributed by atoms with Gasteiger partial charge in [-0.1, -0.05) is 18.2 Å². The molecule has 1 aliphatic heterocycles. The zero-order chi connectivity index (χ0) is 22.9. The summed E-state index contributed by atoms with van der Waals surface area (Å²) in [6.45, 7) is -0.0746. The molecule has 1 saturated heterocycles. The number of hydrogen-bond donors (Lipinski definition) is 1. The third-order valence-corrected chi connectivity index (χ3v) is 5.23. The van der Waals surface area contributed by atoms with E-state index in [0.29, 0.717) is 22.6 Å². The van der Waals surface area contributed by atoms with Gasteiger partial charge in [-0.05, 0) is 47.2 Å². The molecule has 0 radical (unpaired) electrons. The molecule has 0 spiro atoms. The Labute approximate surface area is 188 Å². The molecular weight excluding hydrogens is 434 g/mol. The molecule has 3 amide bonds. The second-order valence-electron chi connectivity index (χ2n) is 6.68. The number of esters is 1. The van der Waals surface area contributed by atoms with E-state index in [4.69, 9.17) is 9.47 Å². The van der Waals surface area contributed by atoms with Gasteiger partial charge in [-0.15, -0.1) is 0 Å². The zero-order valence-corrected chi connectivity index (χ0v) is 18.1. The lowest BCUT2D eigenvalue weighted by atomic mass is 10.1. The Kier molecular flexibility index (Phi) is 8.12. The molecule has 1 N–H and O–H groups in total. The first-order valence-corrected chi connectivity index (χ1v) is 10.5. The van der Waals surface area contributed by atoms with Crippen molar-refractivity contribution in [2.45, 2.75) is 6.61 Å². The fourth-order valence-electron chi connectivity index (χ4n) is 2.83. The Morgan fingerprint density at radius 2 is 2.06 bits per heavy atom. The fourth-order valence-corrected chi connectivity index (χ4v) is 3.70. The number of carbonyl (C=O) groups is 4. The van der Waals surface area contributed by atoms with Crippen molar-refractivity contribution in [2.75, 3.05) is 26.8 Å². The smallest absolute Gasteiger partial charge is 0.338 e. The number of ether oxygens (including phenoxy) is 2. The van der Waals surface area contributed by atoms with E-state index in [1.807, 2.05) is 6.07 Å². The Bertz CT molecular complexity index is 1040. The lowest BCUT2D eigenvalue weighted by Crippen LogP contribution is -2.38. The van der Waals surface area contributed by atoms with Gasteiger partial charge in [0.05, 0.1) is 17.1 Å². The average molecular weight is 455 g/mol. The Morgan fingerprint density at radius 3 is 2.81 bits per heavy atom. The van der Waals surface area contributed by atoms with Gasteiger partial charge in [-0.25, -0.2) is 4.79 Å². The molecule has 0 saturated carbocycles. The van der Waals surface area contributed by atoms with Gasteiger partial charge >= 0.3 is 5.97 Å². The summed E-state index contributed by atoms with van der Waals surface area (Å²) in [5, 5.41) is 2.12. The number of aromatic nitrogens is 1. The number of hydrogen-bond acceptors (Lipinski definition) is 8. The Hall–Kier alpha value is -3.50. The maximum absolute atomic E-state index is 12.4. The van der Waals surface area contributed by atoms with E-state index < -0.39 is 29.6 Å². The molecular formula is C22H21N3O6S. The molecule has 0 bridgehead atoms. The number of nitrogens with zero attached hydrogens (tertiary/aromatic N) is 2. The van der Waals surface area contributed by atoms with Crippen molar-refractivity contribution in [1.82, 2.24) is 15.2 Å². The molecule has 1 fully saturated rings. The van der Waals surface area contributed by atoms with Gasteiger partial charge < -0.3 is 14.8 Å². The van der Waals surface area contributed by atoms with Crippen molar-refractivity contribution < 1.29 is 28.7 Å². The minimum absolute atomic E-state index is 0.00773. The number of methoxy groups -OCH3 is 1. The van der Waals surface area contributed by atoms with Crippen LogP contribution in [0, 0.1) is 0 Å². The summed E-state index contributed by atoms with van der Waals surface area (Å²) in [7, 11) is 1.55. The maximum atomic E-state index is 12.4. The number of rotatable bonds is 9. The lowest BCUT2D eigenvalue weighted by molar-refractivity contribution is -0.125. The van der Waals surface area contributed by atoms with Crippen LogP contribution in [0.25, 0.3) is 6.08 Å². The Morgan fingerprint density at radius 1 is 1.22 bits per heavy atom. The predicted molar refractivity (Wildman–Crippen MR) is 117 cm³/mol. The summed E-state index contributed by atoms with van der Waals surface area (Å²) in [6.07, 6.45) is 4.79. The van der Waals surface area contributed by atoms with Crippen LogP contribution in [0.15, 0.2) is 53.7 Å². The molecule has 0 unspecified atom stereocenters. The van der Waals surface area contributed by atoms with E-state index in [9.17, 15) is 19.2 Å². The first kappa shape index (κ1) is 23.2. The summed E-state index contributed by atoms with van der Waals surface area (Å²) in [5.74, 6) is -1.60. The predicted octanol–water partition coefficient (Wildman–Crippen LogP) is 2.24. The number of thioether (sulfide) groups is 1. The summed E-state index contributed by atoms with van der Waals surface area (Å²) < 4.78 is 10.0. The number of pyridine rings is 1.